The van der Waals surface area contributed by atoms with E-state index in [0.29, 0.717) is 4.75 Å². The smallest absolute Gasteiger partial charge is 0.126 e. The molecule has 1 heterocycles. The van der Waals surface area contributed by atoms with Gasteiger partial charge in [-0.2, -0.15) is 11.8 Å². The molecule has 0 aliphatic carbocycles. The molecule has 0 atom stereocenters. The number of fused-ring (bicyclic) bond motifs is 1. The van der Waals surface area contributed by atoms with Gasteiger partial charge in [0.15, 0.2) is 0 Å². The second-order valence-electron chi connectivity index (χ2n) is 4.84. The predicted octanol–water partition coefficient (Wildman–Crippen LogP) is 4.57. The van der Waals surface area contributed by atoms with E-state index < -0.39 is 0 Å². The van der Waals surface area contributed by atoms with Crippen molar-refractivity contribution >= 4 is 28.5 Å². The van der Waals surface area contributed by atoms with E-state index in [9.17, 15) is 0 Å². The summed E-state index contributed by atoms with van der Waals surface area (Å²) in [5.41, 5.74) is 1.05. The van der Waals surface area contributed by atoms with Gasteiger partial charge in [-0.1, -0.05) is 32.0 Å². The molecule has 1 aromatic carbocycles. The molecule has 0 amide bonds. The third kappa shape index (κ3) is 3.21. The molecule has 3 heteroatoms. The third-order valence-corrected chi connectivity index (χ3v) is 5.50. The quantitative estimate of drug-likeness (QED) is 0.835. The number of hydrogen-bond acceptors (Lipinski definition) is 3. The van der Waals surface area contributed by atoms with Gasteiger partial charge in [-0.3, -0.25) is 0 Å². The summed E-state index contributed by atoms with van der Waals surface area (Å²) in [5.74, 6) is 0.971. The zero-order chi connectivity index (χ0) is 13.7. The Morgan fingerprint density at radius 1 is 1.11 bits per heavy atom. The average molecular weight is 274 g/mol. The number of nitrogens with zero attached hydrogens (tertiary/aromatic N) is 1. The molecule has 0 bridgehead atoms. The lowest BCUT2D eigenvalue weighted by Gasteiger charge is -2.30. The predicted molar refractivity (Wildman–Crippen MR) is 87.1 cm³/mol. The van der Waals surface area contributed by atoms with E-state index in [1.165, 1.54) is 18.2 Å². The van der Waals surface area contributed by atoms with Crippen molar-refractivity contribution in [1.82, 2.24) is 4.98 Å². The molecular weight excluding hydrogens is 252 g/mol. The summed E-state index contributed by atoms with van der Waals surface area (Å²) >= 11 is 1.95. The largest absolute Gasteiger partial charge is 0.369 e. The number of aromatic nitrogens is 1. The molecule has 2 aromatic rings. The van der Waals surface area contributed by atoms with Crippen molar-refractivity contribution in [2.45, 2.75) is 31.4 Å². The van der Waals surface area contributed by atoms with Crippen molar-refractivity contribution in [3.05, 3.63) is 36.4 Å². The van der Waals surface area contributed by atoms with E-state index in [1.54, 1.807) is 0 Å². The molecule has 2 nitrogen and oxygen atoms in total. The van der Waals surface area contributed by atoms with Crippen molar-refractivity contribution in [1.29, 1.82) is 0 Å². The minimum atomic E-state index is 0.313. The highest BCUT2D eigenvalue weighted by molar-refractivity contribution is 8.00. The van der Waals surface area contributed by atoms with Gasteiger partial charge in [0.05, 0.1) is 5.52 Å². The molecule has 19 heavy (non-hydrogen) atoms. The summed E-state index contributed by atoms with van der Waals surface area (Å²) in [6.07, 6.45) is 4.54. The van der Waals surface area contributed by atoms with Crippen LogP contribution in [0, 0.1) is 0 Å². The molecular formula is C16H22N2S. The molecule has 0 fully saturated rings. The maximum absolute atomic E-state index is 4.66. The maximum atomic E-state index is 4.66. The van der Waals surface area contributed by atoms with Gasteiger partial charge in [-0.25, -0.2) is 4.98 Å². The number of benzene rings is 1. The first-order valence-electron chi connectivity index (χ1n) is 6.88. The Morgan fingerprint density at radius 2 is 1.84 bits per heavy atom. The number of nitrogens with one attached hydrogen (secondary N) is 1. The normalized spacial score (nSPS) is 11.7. The van der Waals surface area contributed by atoms with E-state index in [4.69, 9.17) is 0 Å². The molecule has 0 aliphatic rings. The average Bonchev–Trinajstić information content (AvgIpc) is 2.49. The van der Waals surface area contributed by atoms with E-state index in [0.717, 1.165) is 17.9 Å². The minimum absolute atomic E-state index is 0.313. The molecule has 0 unspecified atom stereocenters. The summed E-state index contributed by atoms with van der Waals surface area (Å²) < 4.78 is 0.313. The van der Waals surface area contributed by atoms with Crippen LogP contribution in [0.3, 0.4) is 0 Å². The van der Waals surface area contributed by atoms with Crippen LogP contribution in [0.2, 0.25) is 0 Å². The van der Waals surface area contributed by atoms with Gasteiger partial charge >= 0.3 is 0 Å². The summed E-state index contributed by atoms with van der Waals surface area (Å²) in [6.45, 7) is 5.48. The van der Waals surface area contributed by atoms with Gasteiger partial charge in [0, 0.05) is 16.7 Å². The summed E-state index contributed by atoms with van der Waals surface area (Å²) in [7, 11) is 0. The van der Waals surface area contributed by atoms with Crippen LogP contribution in [-0.2, 0) is 0 Å². The van der Waals surface area contributed by atoms with Gasteiger partial charge in [0.1, 0.15) is 5.82 Å². The first kappa shape index (κ1) is 14.2. The maximum Gasteiger partial charge on any atom is 0.126 e. The molecule has 0 spiro atoms. The fourth-order valence-electron chi connectivity index (χ4n) is 2.28. The molecule has 0 aliphatic heterocycles. The van der Waals surface area contributed by atoms with Crippen molar-refractivity contribution < 1.29 is 0 Å². The number of rotatable bonds is 6. The fourth-order valence-corrected chi connectivity index (χ4v) is 3.07. The molecule has 1 N–H and O–H groups in total. The Bertz CT molecular complexity index is 527. The van der Waals surface area contributed by atoms with E-state index >= 15 is 0 Å². The van der Waals surface area contributed by atoms with E-state index in [-0.39, 0.29) is 0 Å². The lowest BCUT2D eigenvalue weighted by Crippen LogP contribution is -2.32. The van der Waals surface area contributed by atoms with Crippen LogP contribution in [-0.4, -0.2) is 22.5 Å². The van der Waals surface area contributed by atoms with Crippen LogP contribution < -0.4 is 5.32 Å². The molecule has 0 saturated heterocycles. The highest BCUT2D eigenvalue weighted by Gasteiger charge is 2.24. The lowest BCUT2D eigenvalue weighted by molar-refractivity contribution is 0.574. The Labute approximate surface area is 120 Å². The second kappa shape index (κ2) is 6.29. The minimum Gasteiger partial charge on any atom is -0.369 e. The first-order chi connectivity index (χ1) is 9.23. The molecule has 0 saturated carbocycles. The highest BCUT2D eigenvalue weighted by Crippen LogP contribution is 2.30. The van der Waals surface area contributed by atoms with E-state index in [2.05, 4.69) is 54.7 Å². The van der Waals surface area contributed by atoms with Crippen molar-refractivity contribution in [2.75, 3.05) is 18.1 Å². The fraction of sp³-hybridized carbons (Fsp3) is 0.438. The Kier molecular flexibility index (Phi) is 4.70. The number of pyridine rings is 1. The van der Waals surface area contributed by atoms with E-state index in [1.807, 2.05) is 23.9 Å². The van der Waals surface area contributed by atoms with Crippen molar-refractivity contribution in [3.63, 3.8) is 0 Å². The van der Waals surface area contributed by atoms with Crippen LogP contribution in [0.1, 0.15) is 26.7 Å². The van der Waals surface area contributed by atoms with Crippen molar-refractivity contribution in [3.8, 4) is 0 Å². The number of anilines is 1. The lowest BCUT2D eigenvalue weighted by atomic mass is 10.0. The van der Waals surface area contributed by atoms with Gasteiger partial charge in [0.2, 0.25) is 0 Å². The topological polar surface area (TPSA) is 24.9 Å². The zero-order valence-corrected chi connectivity index (χ0v) is 12.8. The first-order valence-corrected chi connectivity index (χ1v) is 8.10. The summed E-state index contributed by atoms with van der Waals surface area (Å²) in [5, 5.41) is 4.69. The molecule has 1 aromatic heterocycles. The highest BCUT2D eigenvalue weighted by atomic mass is 32.2. The van der Waals surface area contributed by atoms with Crippen molar-refractivity contribution in [2.24, 2.45) is 0 Å². The molecule has 102 valence electrons. The van der Waals surface area contributed by atoms with Crippen LogP contribution in [0.25, 0.3) is 10.9 Å². The molecule has 0 radical (unpaired) electrons. The monoisotopic (exact) mass is 274 g/mol. The van der Waals surface area contributed by atoms with Crippen LogP contribution >= 0.6 is 11.8 Å². The number of hydrogen-bond donors (Lipinski definition) is 1. The van der Waals surface area contributed by atoms with Crippen LogP contribution in [0.15, 0.2) is 36.4 Å². The second-order valence-corrected chi connectivity index (χ2v) is 6.11. The van der Waals surface area contributed by atoms with Gasteiger partial charge in [0.25, 0.3) is 0 Å². The number of thioether (sulfide) groups is 1. The Balaban J connectivity index is 2.13. The SMILES string of the molecule is CCC(CC)(CNc1ccc2ccccc2n1)SC. The summed E-state index contributed by atoms with van der Waals surface area (Å²) in [4.78, 5) is 4.66. The summed E-state index contributed by atoms with van der Waals surface area (Å²) in [6, 6.07) is 12.4. The molecule has 2 rings (SSSR count). The third-order valence-electron chi connectivity index (χ3n) is 3.91. The zero-order valence-electron chi connectivity index (χ0n) is 11.9. The van der Waals surface area contributed by atoms with Gasteiger partial charge in [-0.15, -0.1) is 0 Å². The Hall–Kier alpha value is -1.22. The van der Waals surface area contributed by atoms with Crippen LogP contribution in [0.4, 0.5) is 5.82 Å². The van der Waals surface area contributed by atoms with Gasteiger partial charge < -0.3 is 5.32 Å². The van der Waals surface area contributed by atoms with Gasteiger partial charge in [-0.05, 0) is 37.3 Å². The Morgan fingerprint density at radius 3 is 2.53 bits per heavy atom. The van der Waals surface area contributed by atoms with Crippen LogP contribution in [0.5, 0.6) is 0 Å². The number of para-hydroxylation sites is 1. The standard InChI is InChI=1S/C16H22N2S/c1-4-16(5-2,19-3)12-17-15-11-10-13-8-6-7-9-14(13)18-15/h6-11H,4-5,12H2,1-3H3,(H,17,18).